The third kappa shape index (κ3) is 15.5. The number of halogens is 2. The molecule has 3 saturated heterocycles. The molecule has 3 amide bonds. The highest BCUT2D eigenvalue weighted by Crippen LogP contribution is 2.38. The Hall–Kier alpha value is -4.41. The van der Waals surface area contributed by atoms with Crippen molar-refractivity contribution in [2.75, 3.05) is 77.4 Å². The number of anilines is 1. The summed E-state index contributed by atoms with van der Waals surface area (Å²) in [5.41, 5.74) is 2.91. The molecule has 6 rings (SSSR count). The molecule has 3 aromatic carbocycles. The van der Waals surface area contributed by atoms with Gasteiger partial charge in [-0.15, -0.1) is 0 Å². The minimum atomic E-state index is -2.04. The van der Waals surface area contributed by atoms with Gasteiger partial charge in [0.1, 0.15) is 29.8 Å². The third-order valence-electron chi connectivity index (χ3n) is 14.2. The molecule has 0 aliphatic carbocycles. The molecule has 0 spiro atoms. The van der Waals surface area contributed by atoms with Crippen molar-refractivity contribution in [2.45, 2.75) is 123 Å². The number of hydrogen-bond acceptors (Lipinski definition) is 10. The summed E-state index contributed by atoms with van der Waals surface area (Å²) in [5, 5.41) is 7.44. The monoisotopic (exact) mass is 993 g/mol. The average Bonchev–Trinajstić information content (AvgIpc) is 3.73. The van der Waals surface area contributed by atoms with Crippen molar-refractivity contribution in [1.82, 2.24) is 24.9 Å². The Morgan fingerprint density at radius 3 is 2.28 bits per heavy atom. The first kappa shape index (κ1) is 53.9. The number of nitrogens with zero attached hydrogens (tertiary/aromatic N) is 4. The molecular weight excluding hydrogens is 915 g/mol. The summed E-state index contributed by atoms with van der Waals surface area (Å²) in [7, 11) is -2.04. The van der Waals surface area contributed by atoms with Gasteiger partial charge in [0.05, 0.1) is 19.3 Å². The number of rotatable bonds is 18. The van der Waals surface area contributed by atoms with Gasteiger partial charge in [0, 0.05) is 68.6 Å². The van der Waals surface area contributed by atoms with Crippen LogP contribution in [0.25, 0.3) is 0 Å². The quantitative estimate of drug-likeness (QED) is 0.119. The first-order valence-corrected chi connectivity index (χ1v) is 28.2. The van der Waals surface area contributed by atoms with E-state index in [1.165, 1.54) is 6.07 Å². The van der Waals surface area contributed by atoms with Crippen LogP contribution in [0.4, 0.5) is 19.7 Å². The largest absolute Gasteiger partial charge is 0.493 e. The normalized spacial score (nSPS) is 19.3. The minimum Gasteiger partial charge on any atom is -0.493 e. The summed E-state index contributed by atoms with van der Waals surface area (Å²) in [4.78, 5) is 49.5. The molecule has 0 aromatic heterocycles. The van der Waals surface area contributed by atoms with Crippen molar-refractivity contribution < 1.29 is 37.4 Å². The van der Waals surface area contributed by atoms with Gasteiger partial charge in [-0.05, 0) is 138 Å². The van der Waals surface area contributed by atoms with E-state index in [0.29, 0.717) is 75.4 Å². The van der Waals surface area contributed by atoms with Crippen LogP contribution in [0.1, 0.15) is 84.4 Å². The van der Waals surface area contributed by atoms with Gasteiger partial charge in [0.15, 0.2) is 8.32 Å². The Morgan fingerprint density at radius 2 is 1.61 bits per heavy atom. The van der Waals surface area contributed by atoms with Gasteiger partial charge >= 0.3 is 12.2 Å². The van der Waals surface area contributed by atoms with Gasteiger partial charge in [-0.2, -0.15) is 0 Å². The second-order valence-corrected chi connectivity index (χ2v) is 26.8. The third-order valence-corrected chi connectivity index (χ3v) is 19.0. The lowest BCUT2D eigenvalue weighted by atomic mass is 9.88. The number of benzene rings is 3. The van der Waals surface area contributed by atoms with Crippen LogP contribution in [-0.2, 0) is 38.3 Å². The zero-order valence-electron chi connectivity index (χ0n) is 42.6. The Balaban J connectivity index is 1.05. The zero-order valence-corrected chi connectivity index (χ0v) is 44.3. The molecule has 16 heteroatoms. The maximum absolute atomic E-state index is 14.9. The van der Waals surface area contributed by atoms with E-state index in [-0.39, 0.29) is 47.3 Å². The molecule has 3 aliphatic rings. The van der Waals surface area contributed by atoms with Crippen LogP contribution in [0, 0.1) is 17.7 Å². The highest BCUT2D eigenvalue weighted by Gasteiger charge is 2.42. The van der Waals surface area contributed by atoms with Gasteiger partial charge in [-0.1, -0.05) is 68.8 Å². The van der Waals surface area contributed by atoms with Crippen LogP contribution in [0.15, 0.2) is 66.7 Å². The first-order valence-electron chi connectivity index (χ1n) is 25.0. The predicted molar refractivity (Wildman–Crippen MR) is 274 cm³/mol. The fourth-order valence-electron chi connectivity index (χ4n) is 9.17. The van der Waals surface area contributed by atoms with E-state index in [1.807, 2.05) is 86.0 Å². The molecule has 3 fully saturated rings. The van der Waals surface area contributed by atoms with Crippen molar-refractivity contribution in [3.63, 3.8) is 0 Å². The molecule has 3 atom stereocenters. The molecule has 69 heavy (non-hydrogen) atoms. The Kier molecular flexibility index (Phi) is 18.9. The molecule has 380 valence electrons. The number of piperidine rings is 1. The van der Waals surface area contributed by atoms with Crippen molar-refractivity contribution >= 4 is 43.7 Å². The summed E-state index contributed by atoms with van der Waals surface area (Å²) in [6.07, 6.45) is 2.10. The number of nitrogens with one attached hydrogen (secondary N) is 2. The summed E-state index contributed by atoms with van der Waals surface area (Å²) in [5.74, 6) is 0.223. The lowest BCUT2D eigenvalue weighted by molar-refractivity contribution is -0.137. The summed E-state index contributed by atoms with van der Waals surface area (Å²) in [6, 6.07) is 19.5. The Labute approximate surface area is 416 Å². The smallest absolute Gasteiger partial charge is 0.410 e. The molecule has 0 bridgehead atoms. The van der Waals surface area contributed by atoms with E-state index in [4.69, 9.17) is 30.2 Å². The maximum Gasteiger partial charge on any atom is 0.410 e. The first-order chi connectivity index (χ1) is 32.7. The summed E-state index contributed by atoms with van der Waals surface area (Å²) < 4.78 is 38.8. The van der Waals surface area contributed by atoms with Crippen LogP contribution in [0.2, 0.25) is 23.2 Å². The topological polar surface area (TPSA) is 125 Å². The van der Waals surface area contributed by atoms with Gasteiger partial charge in [0.2, 0.25) is 5.91 Å². The number of ether oxygens (including phenoxy) is 3. The molecule has 0 radical (unpaired) electrons. The maximum atomic E-state index is 14.9. The number of piperazine rings is 1. The van der Waals surface area contributed by atoms with Gasteiger partial charge in [-0.25, -0.2) is 14.0 Å². The van der Waals surface area contributed by atoms with Crippen LogP contribution < -0.4 is 15.4 Å². The minimum absolute atomic E-state index is 0.0578. The Morgan fingerprint density at radius 1 is 0.899 bits per heavy atom. The lowest BCUT2D eigenvalue weighted by Crippen LogP contribution is -2.58. The number of likely N-dealkylation sites (tertiary alicyclic amines) is 2. The zero-order chi connectivity index (χ0) is 49.9. The van der Waals surface area contributed by atoms with E-state index in [2.05, 4.69) is 54.3 Å². The molecule has 0 unspecified atom stereocenters. The number of amides is 3. The number of hydrogen-bond donors (Lipinski definition) is 2. The van der Waals surface area contributed by atoms with Crippen LogP contribution >= 0.6 is 11.6 Å². The highest BCUT2D eigenvalue weighted by atomic mass is 35.5. The predicted octanol–water partition coefficient (Wildman–Crippen LogP) is 9.83. The Bertz CT molecular complexity index is 2160. The summed E-state index contributed by atoms with van der Waals surface area (Å²) >= 11 is 6.60. The molecular formula is C53H78ClFN6O7Si. The summed E-state index contributed by atoms with van der Waals surface area (Å²) in [6.45, 7) is 25.8. The van der Waals surface area contributed by atoms with Crippen molar-refractivity contribution in [1.29, 1.82) is 0 Å². The molecule has 2 N–H and O–H groups in total. The molecule has 3 aliphatic heterocycles. The fourth-order valence-corrected chi connectivity index (χ4v) is 10.4. The highest BCUT2D eigenvalue weighted by molar-refractivity contribution is 6.74. The fraction of sp³-hybridized carbons (Fsp3) is 0.604. The molecule has 0 saturated carbocycles. The van der Waals surface area contributed by atoms with E-state index >= 15 is 0 Å². The van der Waals surface area contributed by atoms with Crippen LogP contribution in [0.3, 0.4) is 0 Å². The van der Waals surface area contributed by atoms with E-state index in [0.717, 1.165) is 62.1 Å². The van der Waals surface area contributed by atoms with Crippen LogP contribution in [0.5, 0.6) is 5.75 Å². The molecule has 3 aromatic rings. The van der Waals surface area contributed by atoms with Gasteiger partial charge in [0.25, 0.3) is 0 Å². The van der Waals surface area contributed by atoms with Gasteiger partial charge in [-0.3, -0.25) is 9.69 Å². The van der Waals surface area contributed by atoms with Crippen molar-refractivity contribution in [2.24, 2.45) is 11.8 Å². The van der Waals surface area contributed by atoms with Crippen LogP contribution in [-0.4, -0.2) is 136 Å². The SMILES string of the molecule is CCOc1cccc(F)c1CN1CCN(C(=O)[C@H](NC(=O)OCc2ccccc2)C2CCN(CCc3cc(Cl)ccc3NC[C@H]3C[C@@H](CO[Si](C)(C)C(C)(C)C)N(C(=O)OC(C)(C)C)C3)CC2)CC1. The van der Waals surface area contributed by atoms with Crippen molar-refractivity contribution in [3.05, 3.63) is 94.3 Å². The van der Waals surface area contributed by atoms with E-state index in [9.17, 15) is 18.8 Å². The second-order valence-electron chi connectivity index (χ2n) is 21.5. The number of carbonyl (C=O) groups is 3. The van der Waals surface area contributed by atoms with E-state index in [1.54, 1.807) is 12.1 Å². The lowest BCUT2D eigenvalue weighted by Gasteiger charge is -2.40. The number of carbonyl (C=O) groups excluding carboxylic acids is 3. The average molecular weight is 994 g/mol. The van der Waals surface area contributed by atoms with Gasteiger partial charge < -0.3 is 44.0 Å². The number of alkyl carbamates (subject to hydrolysis) is 1. The second kappa shape index (κ2) is 24.1. The molecule has 3 heterocycles. The standard InChI is InChI=1S/C53H78ClFN6O7Si/c1-10-65-47-18-14-17-45(55)44(47)35-59-27-29-60(30-28-59)49(62)48(57-50(63)66-36-38-15-12-11-13-16-38)40-21-24-58(25-22-40)26-23-41-32-42(54)19-20-46(41)56-33-39-31-43(37-67-69(8,9)53(5,6)7)61(34-39)51(64)68-52(2,3)4/h11-20,32,39-40,43,48,56H,10,21-31,33-37H2,1-9H3,(H,57,63)/t39-,43+,48-/m1/s1. The van der Waals surface area contributed by atoms with E-state index < -0.39 is 26.1 Å². The molecule has 13 nitrogen and oxygen atoms in total. The van der Waals surface area contributed by atoms with Crippen molar-refractivity contribution in [3.8, 4) is 5.75 Å².